The van der Waals surface area contributed by atoms with Crippen LogP contribution in [0.25, 0.3) is 11.1 Å². The van der Waals surface area contributed by atoms with Crippen molar-refractivity contribution in [3.8, 4) is 34.1 Å². The number of quaternary nitrogens is 1. The number of phenolic OH excluding ortho intramolecular Hbond substituents is 2. The topological polar surface area (TPSA) is 63.4 Å². The Balaban J connectivity index is 2.05. The molecule has 0 radical (unpaired) electrons. The van der Waals surface area contributed by atoms with Crippen molar-refractivity contribution in [3.05, 3.63) is 34.9 Å². The summed E-state index contributed by atoms with van der Waals surface area (Å²) in [6.07, 6.45) is 1.82. The summed E-state index contributed by atoms with van der Waals surface area (Å²) in [6.45, 7) is 1.05. The zero-order valence-electron chi connectivity index (χ0n) is 14.1. The number of hydrogen-bond donors (Lipinski definition) is 3. The van der Waals surface area contributed by atoms with Gasteiger partial charge in [0.25, 0.3) is 0 Å². The van der Waals surface area contributed by atoms with Gasteiger partial charge in [0.05, 0.1) is 27.8 Å². The Hall–Kier alpha value is -2.40. The van der Waals surface area contributed by atoms with Gasteiger partial charge in [-0.1, -0.05) is 0 Å². The molecule has 2 aromatic carbocycles. The molecule has 1 aliphatic heterocycles. The summed E-state index contributed by atoms with van der Waals surface area (Å²) in [5, 5.41) is 21.0. The van der Waals surface area contributed by atoms with Crippen LogP contribution in [0.1, 0.15) is 22.7 Å². The highest BCUT2D eigenvalue weighted by atomic mass is 16.5. The highest BCUT2D eigenvalue weighted by molar-refractivity contribution is 5.84. The quantitative estimate of drug-likeness (QED) is 0.781. The highest BCUT2D eigenvalue weighted by Crippen LogP contribution is 2.51. The van der Waals surface area contributed by atoms with Gasteiger partial charge in [0.2, 0.25) is 0 Å². The molecule has 2 aromatic rings. The maximum atomic E-state index is 10.8. The van der Waals surface area contributed by atoms with Crippen molar-refractivity contribution in [1.29, 1.82) is 0 Å². The lowest BCUT2D eigenvalue weighted by Gasteiger charge is -2.37. The maximum absolute atomic E-state index is 10.8. The van der Waals surface area contributed by atoms with E-state index in [1.165, 1.54) is 16.0 Å². The van der Waals surface area contributed by atoms with Gasteiger partial charge < -0.3 is 24.6 Å². The van der Waals surface area contributed by atoms with Crippen LogP contribution in [0.2, 0.25) is 0 Å². The molecule has 4 rings (SSSR count). The van der Waals surface area contributed by atoms with Crippen molar-refractivity contribution < 1.29 is 24.6 Å². The fraction of sp³-hybridized carbons (Fsp3) is 0.368. The van der Waals surface area contributed by atoms with Gasteiger partial charge in [0, 0.05) is 24.0 Å². The Morgan fingerprint density at radius 3 is 2.46 bits per heavy atom. The number of likely N-dealkylation sites (N-methyl/N-ethyl adjacent to an activating group) is 1. The van der Waals surface area contributed by atoms with Gasteiger partial charge in [-0.2, -0.15) is 0 Å². The van der Waals surface area contributed by atoms with Crippen LogP contribution in [0.4, 0.5) is 0 Å². The van der Waals surface area contributed by atoms with E-state index in [9.17, 15) is 10.2 Å². The van der Waals surface area contributed by atoms with E-state index in [1.54, 1.807) is 20.3 Å². The minimum Gasteiger partial charge on any atom is -0.504 e. The molecule has 1 heterocycles. The molecule has 0 amide bonds. The molecule has 5 heteroatoms. The molecule has 5 nitrogen and oxygen atoms in total. The third-order valence-corrected chi connectivity index (χ3v) is 5.44. The zero-order valence-corrected chi connectivity index (χ0v) is 14.1. The minimum atomic E-state index is 0.0854. The van der Waals surface area contributed by atoms with E-state index in [1.807, 2.05) is 12.1 Å². The summed E-state index contributed by atoms with van der Waals surface area (Å²) in [7, 11) is 5.32. The fourth-order valence-electron chi connectivity index (χ4n) is 4.17. The zero-order chi connectivity index (χ0) is 17.0. The number of methoxy groups -OCH3 is 2. The van der Waals surface area contributed by atoms with Crippen molar-refractivity contribution in [2.75, 3.05) is 27.8 Å². The van der Waals surface area contributed by atoms with E-state index in [-0.39, 0.29) is 11.5 Å². The van der Waals surface area contributed by atoms with Gasteiger partial charge in [-0.3, -0.25) is 0 Å². The summed E-state index contributed by atoms with van der Waals surface area (Å²) >= 11 is 0. The Kier molecular flexibility index (Phi) is 3.35. The van der Waals surface area contributed by atoms with E-state index in [4.69, 9.17) is 9.47 Å². The van der Waals surface area contributed by atoms with Crippen LogP contribution in [-0.2, 0) is 12.8 Å². The number of benzene rings is 2. The molecule has 1 aliphatic carbocycles. The molecule has 1 unspecified atom stereocenters. The van der Waals surface area contributed by atoms with E-state index in [0.29, 0.717) is 17.5 Å². The molecular weight excluding hydrogens is 306 g/mol. The number of phenols is 2. The predicted molar refractivity (Wildman–Crippen MR) is 90.2 cm³/mol. The summed E-state index contributed by atoms with van der Waals surface area (Å²) in [4.78, 5) is 1.44. The summed E-state index contributed by atoms with van der Waals surface area (Å²) in [6, 6.07) is 5.83. The minimum absolute atomic E-state index is 0.0854. The number of hydrogen-bond acceptors (Lipinski definition) is 4. The summed E-state index contributed by atoms with van der Waals surface area (Å²) in [5.74, 6) is 1.20. The first-order chi connectivity index (χ1) is 11.5. The highest BCUT2D eigenvalue weighted by Gasteiger charge is 2.38. The lowest BCUT2D eigenvalue weighted by Crippen LogP contribution is -3.10. The predicted octanol–water partition coefficient (Wildman–Crippen LogP) is 1.45. The van der Waals surface area contributed by atoms with Crippen LogP contribution >= 0.6 is 0 Å². The molecule has 0 bridgehead atoms. The van der Waals surface area contributed by atoms with Gasteiger partial charge in [-0.15, -0.1) is 0 Å². The van der Waals surface area contributed by atoms with E-state index in [0.717, 1.165) is 36.1 Å². The molecule has 126 valence electrons. The maximum Gasteiger partial charge on any atom is 0.166 e. The monoisotopic (exact) mass is 328 g/mol. The van der Waals surface area contributed by atoms with Crippen LogP contribution in [0.5, 0.6) is 23.0 Å². The summed E-state index contributed by atoms with van der Waals surface area (Å²) < 4.78 is 10.6. The average Bonchev–Trinajstić information content (AvgIpc) is 2.58. The number of rotatable bonds is 2. The molecule has 2 aliphatic rings. The first-order valence-electron chi connectivity index (χ1n) is 8.20. The van der Waals surface area contributed by atoms with Gasteiger partial charge in [-0.05, 0) is 34.9 Å². The smallest absolute Gasteiger partial charge is 0.166 e. The lowest BCUT2D eigenvalue weighted by atomic mass is 9.76. The molecule has 24 heavy (non-hydrogen) atoms. The van der Waals surface area contributed by atoms with Gasteiger partial charge in [-0.25, -0.2) is 0 Å². The second-order valence-electron chi connectivity index (χ2n) is 6.66. The normalized spacial score (nSPS) is 21.0. The third-order valence-electron chi connectivity index (χ3n) is 5.44. The Labute approximate surface area is 141 Å². The Morgan fingerprint density at radius 1 is 1.04 bits per heavy atom. The van der Waals surface area contributed by atoms with E-state index >= 15 is 0 Å². The molecule has 0 saturated heterocycles. The number of aromatic hydroxyl groups is 2. The SMILES string of the molecule is COc1cc2c(cc1O)-c1c(O)c(OC)cc3c1[C@@H](C2)[NH+](C)CC3. The average molecular weight is 328 g/mol. The lowest BCUT2D eigenvalue weighted by molar-refractivity contribution is -0.914. The van der Waals surface area contributed by atoms with Crippen molar-refractivity contribution in [1.82, 2.24) is 0 Å². The largest absolute Gasteiger partial charge is 0.504 e. The van der Waals surface area contributed by atoms with Crippen LogP contribution in [0.15, 0.2) is 18.2 Å². The van der Waals surface area contributed by atoms with Crippen LogP contribution in [-0.4, -0.2) is 38.0 Å². The van der Waals surface area contributed by atoms with Gasteiger partial charge in [0.1, 0.15) is 6.04 Å². The molecule has 3 N–H and O–H groups in total. The Bertz CT molecular complexity index is 831. The fourth-order valence-corrected chi connectivity index (χ4v) is 4.17. The van der Waals surface area contributed by atoms with E-state index in [2.05, 4.69) is 7.05 Å². The van der Waals surface area contributed by atoms with Crippen molar-refractivity contribution in [3.63, 3.8) is 0 Å². The van der Waals surface area contributed by atoms with Gasteiger partial charge >= 0.3 is 0 Å². The Morgan fingerprint density at radius 2 is 1.75 bits per heavy atom. The second kappa shape index (κ2) is 5.31. The second-order valence-corrected chi connectivity index (χ2v) is 6.66. The molecular formula is C19H22NO4+. The van der Waals surface area contributed by atoms with Crippen LogP contribution in [0.3, 0.4) is 0 Å². The number of ether oxygens (including phenoxy) is 2. The number of nitrogens with one attached hydrogen (secondary N) is 1. The molecule has 0 fully saturated rings. The van der Waals surface area contributed by atoms with E-state index < -0.39 is 0 Å². The van der Waals surface area contributed by atoms with Crippen molar-refractivity contribution in [2.45, 2.75) is 18.9 Å². The van der Waals surface area contributed by atoms with Gasteiger partial charge in [0.15, 0.2) is 23.0 Å². The molecule has 0 spiro atoms. The van der Waals surface area contributed by atoms with Crippen molar-refractivity contribution >= 4 is 0 Å². The van der Waals surface area contributed by atoms with Crippen molar-refractivity contribution in [2.24, 2.45) is 0 Å². The van der Waals surface area contributed by atoms with Crippen LogP contribution in [0, 0.1) is 0 Å². The first-order valence-corrected chi connectivity index (χ1v) is 8.20. The van der Waals surface area contributed by atoms with Crippen LogP contribution < -0.4 is 14.4 Å². The summed E-state index contributed by atoms with van der Waals surface area (Å²) in [5.41, 5.74) is 5.17. The molecule has 0 aromatic heterocycles. The number of fused-ring (bicyclic) bond motifs is 2. The molecule has 0 saturated carbocycles. The third kappa shape index (κ3) is 1.97. The standard InChI is InChI=1S/C19H21NO4/c1-20-5-4-10-7-16(24-3)19(22)18-12-9-14(21)15(23-2)8-11(12)6-13(20)17(10)18/h7-9,13,21-22H,4-6H2,1-3H3/p+1/t13-/m1/s1. The molecule has 2 atom stereocenters. The first kappa shape index (κ1) is 15.1.